The van der Waals surface area contributed by atoms with Crippen molar-refractivity contribution in [1.29, 1.82) is 0 Å². The maximum atomic E-state index is 10.8. The first kappa shape index (κ1) is 20.6. The Morgan fingerprint density at radius 1 is 1.14 bits per heavy atom. The number of morpholine rings is 1. The predicted molar refractivity (Wildman–Crippen MR) is 113 cm³/mol. The van der Waals surface area contributed by atoms with Gasteiger partial charge in [0.25, 0.3) is 0 Å². The van der Waals surface area contributed by atoms with Crippen molar-refractivity contribution in [3.63, 3.8) is 0 Å². The molecule has 6 heteroatoms. The van der Waals surface area contributed by atoms with E-state index in [2.05, 4.69) is 36.5 Å². The number of carbonyl (C=O) groups is 1. The molecule has 0 N–H and O–H groups in total. The third-order valence-corrected chi connectivity index (χ3v) is 5.32. The number of hydrogen-bond acceptors (Lipinski definition) is 6. The second-order valence-electron chi connectivity index (χ2n) is 7.28. The van der Waals surface area contributed by atoms with E-state index < -0.39 is 0 Å². The molecule has 3 rings (SSSR count). The molecule has 1 fully saturated rings. The highest BCUT2D eigenvalue weighted by Gasteiger charge is 2.35. The van der Waals surface area contributed by atoms with Crippen molar-refractivity contribution < 1.29 is 14.4 Å². The van der Waals surface area contributed by atoms with Crippen molar-refractivity contribution in [2.75, 3.05) is 26.3 Å². The van der Waals surface area contributed by atoms with Crippen molar-refractivity contribution in [3.05, 3.63) is 65.2 Å². The number of nitrogens with zero attached hydrogens (tertiary/aromatic N) is 2. The molecule has 2 aromatic rings. The summed E-state index contributed by atoms with van der Waals surface area (Å²) in [5.41, 5.74) is 3.16. The molecule has 0 aromatic heterocycles. The number of oxime groups is 1. The summed E-state index contributed by atoms with van der Waals surface area (Å²) >= 11 is 4.39. The normalized spacial score (nSPS) is 16.0. The smallest absolute Gasteiger partial charge is 0.150 e. The topological polar surface area (TPSA) is 51.1 Å². The Hall–Kier alpha value is -2.15. The number of carbonyl (C=O) groups excluding carboxylic acids is 1. The molecular weight excluding hydrogens is 372 g/mol. The van der Waals surface area contributed by atoms with E-state index in [0.29, 0.717) is 12.2 Å². The van der Waals surface area contributed by atoms with Crippen LogP contribution in [0.4, 0.5) is 0 Å². The number of ether oxygens (including phenoxy) is 1. The van der Waals surface area contributed by atoms with Crippen molar-refractivity contribution in [3.8, 4) is 0 Å². The molecule has 0 saturated carbocycles. The van der Waals surface area contributed by atoms with E-state index in [1.165, 1.54) is 0 Å². The molecule has 1 aliphatic rings. The van der Waals surface area contributed by atoms with Gasteiger partial charge in [0.15, 0.2) is 0 Å². The Morgan fingerprint density at radius 3 is 2.39 bits per heavy atom. The van der Waals surface area contributed by atoms with Gasteiger partial charge in [0, 0.05) is 29.1 Å². The van der Waals surface area contributed by atoms with Gasteiger partial charge in [-0.15, -0.1) is 12.6 Å². The zero-order valence-corrected chi connectivity index (χ0v) is 17.2. The summed E-state index contributed by atoms with van der Waals surface area (Å²) in [5, 5.41) is 4.55. The second kappa shape index (κ2) is 9.37. The molecule has 0 atom stereocenters. The lowest BCUT2D eigenvalue weighted by Gasteiger charge is -2.41. The lowest BCUT2D eigenvalue weighted by molar-refractivity contribution is 0.00862. The van der Waals surface area contributed by atoms with E-state index in [0.717, 1.165) is 54.3 Å². The van der Waals surface area contributed by atoms with E-state index in [1.54, 1.807) is 12.1 Å². The number of aldehydes is 1. The van der Waals surface area contributed by atoms with Gasteiger partial charge in [0.05, 0.1) is 18.8 Å². The van der Waals surface area contributed by atoms with E-state index in [9.17, 15) is 4.79 Å². The molecule has 0 unspecified atom stereocenters. The minimum Gasteiger partial charge on any atom is -0.391 e. The average molecular weight is 399 g/mol. The van der Waals surface area contributed by atoms with Crippen LogP contribution in [0.15, 0.2) is 58.6 Å². The molecule has 148 valence electrons. The highest BCUT2D eigenvalue weighted by Crippen LogP contribution is 2.24. The summed E-state index contributed by atoms with van der Waals surface area (Å²) in [6, 6.07) is 15.3. The quantitative estimate of drug-likeness (QED) is 0.333. The van der Waals surface area contributed by atoms with Crippen LogP contribution in [0.2, 0.25) is 0 Å². The molecule has 1 aliphatic heterocycles. The lowest BCUT2D eigenvalue weighted by Crippen LogP contribution is -2.54. The molecule has 0 spiro atoms. The fourth-order valence-corrected chi connectivity index (χ4v) is 3.42. The SMILES string of the molecule is CC(C)(/C(=N/OCc1ccc(C=O)cc1)c1ccc(S)cc1)N1CCOCC1. The Balaban J connectivity index is 1.83. The third kappa shape index (κ3) is 5.01. The van der Waals surface area contributed by atoms with E-state index in [-0.39, 0.29) is 5.54 Å². The summed E-state index contributed by atoms with van der Waals surface area (Å²) in [4.78, 5) is 19.8. The van der Waals surface area contributed by atoms with Crippen LogP contribution in [0.5, 0.6) is 0 Å². The highest BCUT2D eigenvalue weighted by atomic mass is 32.1. The first-order valence-corrected chi connectivity index (χ1v) is 9.82. The van der Waals surface area contributed by atoms with Gasteiger partial charge in [-0.05, 0) is 31.5 Å². The van der Waals surface area contributed by atoms with E-state index >= 15 is 0 Å². The molecule has 5 nitrogen and oxygen atoms in total. The number of thiol groups is 1. The summed E-state index contributed by atoms with van der Waals surface area (Å²) < 4.78 is 5.51. The Labute approximate surface area is 171 Å². The molecule has 28 heavy (non-hydrogen) atoms. The van der Waals surface area contributed by atoms with Crippen LogP contribution >= 0.6 is 12.6 Å². The second-order valence-corrected chi connectivity index (χ2v) is 7.79. The molecule has 1 saturated heterocycles. The van der Waals surface area contributed by atoms with Gasteiger partial charge in [-0.25, -0.2) is 0 Å². The lowest BCUT2D eigenvalue weighted by atomic mass is 9.90. The van der Waals surface area contributed by atoms with Gasteiger partial charge >= 0.3 is 0 Å². The summed E-state index contributed by atoms with van der Waals surface area (Å²) in [5.74, 6) is 0. The molecule has 1 heterocycles. The largest absolute Gasteiger partial charge is 0.391 e. The number of benzene rings is 2. The van der Waals surface area contributed by atoms with Gasteiger partial charge in [0.2, 0.25) is 0 Å². The van der Waals surface area contributed by atoms with Crippen LogP contribution in [0.1, 0.15) is 35.3 Å². The Kier molecular flexibility index (Phi) is 6.88. The number of hydrogen-bond donors (Lipinski definition) is 1. The zero-order valence-electron chi connectivity index (χ0n) is 16.3. The van der Waals surface area contributed by atoms with Crippen LogP contribution in [-0.2, 0) is 16.2 Å². The van der Waals surface area contributed by atoms with Gasteiger partial charge in [-0.2, -0.15) is 0 Å². The average Bonchev–Trinajstić information content (AvgIpc) is 2.73. The minimum atomic E-state index is -0.316. The summed E-state index contributed by atoms with van der Waals surface area (Å²) in [6.07, 6.45) is 0.830. The van der Waals surface area contributed by atoms with Gasteiger partial charge in [-0.1, -0.05) is 41.6 Å². The van der Waals surface area contributed by atoms with E-state index in [4.69, 9.17) is 9.57 Å². The maximum Gasteiger partial charge on any atom is 0.150 e. The summed E-state index contributed by atoms with van der Waals surface area (Å²) in [7, 11) is 0. The van der Waals surface area contributed by atoms with E-state index in [1.807, 2.05) is 36.4 Å². The molecule has 2 aromatic carbocycles. The van der Waals surface area contributed by atoms with Crippen LogP contribution in [-0.4, -0.2) is 48.7 Å². The Morgan fingerprint density at radius 2 is 1.79 bits per heavy atom. The molecule has 0 amide bonds. The monoisotopic (exact) mass is 398 g/mol. The van der Waals surface area contributed by atoms with Crippen LogP contribution in [0, 0.1) is 0 Å². The van der Waals surface area contributed by atoms with Gasteiger partial charge in [-0.3, -0.25) is 9.69 Å². The van der Waals surface area contributed by atoms with Crippen LogP contribution in [0.3, 0.4) is 0 Å². The van der Waals surface area contributed by atoms with Crippen LogP contribution in [0.25, 0.3) is 0 Å². The van der Waals surface area contributed by atoms with Crippen molar-refractivity contribution in [2.24, 2.45) is 5.16 Å². The molecular formula is C22H26N2O3S. The van der Waals surface area contributed by atoms with Crippen molar-refractivity contribution in [2.45, 2.75) is 30.9 Å². The van der Waals surface area contributed by atoms with Crippen molar-refractivity contribution in [1.82, 2.24) is 4.90 Å². The highest BCUT2D eigenvalue weighted by molar-refractivity contribution is 7.80. The molecule has 0 bridgehead atoms. The van der Waals surface area contributed by atoms with Crippen molar-refractivity contribution >= 4 is 24.6 Å². The predicted octanol–water partition coefficient (Wildman–Crippen LogP) is 3.82. The Bertz CT molecular complexity index is 811. The molecule has 0 aliphatic carbocycles. The number of rotatable bonds is 7. The fourth-order valence-electron chi connectivity index (χ4n) is 3.27. The van der Waals surface area contributed by atoms with Gasteiger partial charge in [0.1, 0.15) is 18.6 Å². The fraction of sp³-hybridized carbons (Fsp3) is 0.364. The first-order valence-electron chi connectivity index (χ1n) is 9.37. The maximum absolute atomic E-state index is 10.8. The standard InChI is InChI=1S/C22H26N2O3S/c1-22(2,24-11-13-26-14-12-24)21(19-7-9-20(28)10-8-19)23-27-16-18-5-3-17(15-25)4-6-18/h3-10,15,28H,11-14,16H2,1-2H3/b23-21+. The third-order valence-electron chi connectivity index (χ3n) is 5.02. The zero-order chi connectivity index (χ0) is 20.0. The van der Waals surface area contributed by atoms with Crippen LogP contribution < -0.4 is 0 Å². The molecule has 0 radical (unpaired) electrons. The first-order chi connectivity index (χ1) is 13.5. The minimum absolute atomic E-state index is 0.316. The van der Waals surface area contributed by atoms with Gasteiger partial charge < -0.3 is 9.57 Å². The summed E-state index contributed by atoms with van der Waals surface area (Å²) in [6.45, 7) is 7.80.